The average Bonchev–Trinajstić information content (AvgIpc) is 2.48. The third-order valence-electron chi connectivity index (χ3n) is 3.41. The number of anilines is 1. The first kappa shape index (κ1) is 17.4. The maximum atomic E-state index is 12.5. The topological polar surface area (TPSA) is 83.5 Å². The summed E-state index contributed by atoms with van der Waals surface area (Å²) in [5.74, 6) is -0.488. The smallest absolute Gasteiger partial charge is 0.322 e. The molecular formula is C15H16ClN2O4S+. The monoisotopic (exact) mass is 355 g/mol. The molecule has 0 aliphatic heterocycles. The minimum absolute atomic E-state index is 0.144. The summed E-state index contributed by atoms with van der Waals surface area (Å²) in [5.41, 5.74) is 0.818. The van der Waals surface area contributed by atoms with Crippen LogP contribution in [0.25, 0.3) is 0 Å². The lowest BCUT2D eigenvalue weighted by Gasteiger charge is -2.25. The zero-order valence-corrected chi connectivity index (χ0v) is 14.1. The molecule has 0 saturated carbocycles. The fourth-order valence-electron chi connectivity index (χ4n) is 1.99. The van der Waals surface area contributed by atoms with E-state index in [1.54, 1.807) is 36.4 Å². The predicted octanol–water partition coefficient (Wildman–Crippen LogP) is 2.96. The molecule has 0 radical (unpaired) electrons. The van der Waals surface area contributed by atoms with Crippen LogP contribution < -0.4 is 9.21 Å². The molecule has 2 N–H and O–H groups in total. The second-order valence-electron chi connectivity index (χ2n) is 5.28. The van der Waals surface area contributed by atoms with Crippen LogP contribution in [-0.2, 0) is 10.3 Å². The lowest BCUT2D eigenvalue weighted by molar-refractivity contribution is 0.102. The first-order valence-corrected chi connectivity index (χ1v) is 8.38. The zero-order chi connectivity index (χ0) is 17.3. The van der Waals surface area contributed by atoms with Crippen LogP contribution in [-0.4, -0.2) is 33.0 Å². The van der Waals surface area contributed by atoms with E-state index in [0.717, 1.165) is 0 Å². The number of para-hydroxylation sites is 1. The van der Waals surface area contributed by atoms with Crippen molar-refractivity contribution in [1.82, 2.24) is 3.89 Å². The van der Waals surface area contributed by atoms with Crippen LogP contribution in [0.5, 0.6) is 0 Å². The van der Waals surface area contributed by atoms with Gasteiger partial charge in [-0.25, -0.2) is 4.55 Å². The summed E-state index contributed by atoms with van der Waals surface area (Å²) in [4.78, 5) is 12.5. The SMILES string of the molecule is C[N+](C)(c1ccccc1C(=O)Nc1ccc(Cl)cc1)S(=O)(=O)O. The van der Waals surface area contributed by atoms with Gasteiger partial charge in [-0.15, -0.1) is 8.42 Å². The van der Waals surface area contributed by atoms with Gasteiger partial charge in [0.1, 0.15) is 5.56 Å². The van der Waals surface area contributed by atoms with Crippen molar-refractivity contribution in [1.29, 1.82) is 0 Å². The Kier molecular flexibility index (Phi) is 4.76. The Balaban J connectivity index is 2.41. The number of amides is 1. The Morgan fingerprint density at radius 3 is 2.22 bits per heavy atom. The van der Waals surface area contributed by atoms with Crippen LogP contribution in [0.4, 0.5) is 11.4 Å². The highest BCUT2D eigenvalue weighted by molar-refractivity contribution is 7.85. The van der Waals surface area contributed by atoms with Crippen LogP contribution in [0.15, 0.2) is 48.5 Å². The van der Waals surface area contributed by atoms with Crippen LogP contribution in [0, 0.1) is 0 Å². The van der Waals surface area contributed by atoms with Gasteiger partial charge in [-0.3, -0.25) is 4.79 Å². The van der Waals surface area contributed by atoms with E-state index in [9.17, 15) is 17.8 Å². The zero-order valence-electron chi connectivity index (χ0n) is 12.5. The Bertz CT molecular complexity index is 833. The highest BCUT2D eigenvalue weighted by Crippen LogP contribution is 2.28. The van der Waals surface area contributed by atoms with Crippen LogP contribution >= 0.6 is 11.6 Å². The molecule has 23 heavy (non-hydrogen) atoms. The summed E-state index contributed by atoms with van der Waals surface area (Å²) in [7, 11) is -1.89. The van der Waals surface area contributed by atoms with E-state index >= 15 is 0 Å². The van der Waals surface area contributed by atoms with E-state index in [1.807, 2.05) is 0 Å². The van der Waals surface area contributed by atoms with Gasteiger partial charge >= 0.3 is 10.3 Å². The van der Waals surface area contributed by atoms with E-state index in [0.29, 0.717) is 10.7 Å². The molecule has 0 heterocycles. The van der Waals surface area contributed by atoms with Crippen molar-refractivity contribution in [3.8, 4) is 0 Å². The molecule has 2 aromatic rings. The summed E-state index contributed by atoms with van der Waals surface area (Å²) in [6.45, 7) is 0. The molecule has 0 fully saturated rings. The van der Waals surface area contributed by atoms with Crippen LogP contribution in [0.2, 0.25) is 5.02 Å². The fourth-order valence-corrected chi connectivity index (χ4v) is 2.52. The summed E-state index contributed by atoms with van der Waals surface area (Å²) in [5, 5.41) is 3.20. The van der Waals surface area contributed by atoms with Gasteiger partial charge in [0.15, 0.2) is 5.69 Å². The third kappa shape index (κ3) is 3.70. The molecule has 1 amide bonds. The molecule has 0 bridgehead atoms. The van der Waals surface area contributed by atoms with Gasteiger partial charge in [-0.05, 0) is 30.3 Å². The van der Waals surface area contributed by atoms with Crippen LogP contribution in [0.3, 0.4) is 0 Å². The van der Waals surface area contributed by atoms with E-state index in [2.05, 4.69) is 5.32 Å². The van der Waals surface area contributed by atoms with Gasteiger partial charge in [0, 0.05) is 16.8 Å². The van der Waals surface area contributed by atoms with Gasteiger partial charge in [0.25, 0.3) is 5.91 Å². The van der Waals surface area contributed by atoms with Crippen molar-refractivity contribution in [2.45, 2.75) is 0 Å². The summed E-state index contributed by atoms with van der Waals surface area (Å²) in [6, 6.07) is 12.7. The largest absolute Gasteiger partial charge is 0.437 e. The molecule has 0 aliphatic rings. The van der Waals surface area contributed by atoms with Gasteiger partial charge in [-0.2, -0.15) is 3.89 Å². The van der Waals surface area contributed by atoms with Crippen molar-refractivity contribution in [3.63, 3.8) is 0 Å². The normalized spacial score (nSPS) is 12.0. The van der Waals surface area contributed by atoms with E-state index in [-0.39, 0.29) is 11.3 Å². The number of carbonyl (C=O) groups excluding carboxylic acids is 1. The third-order valence-corrected chi connectivity index (χ3v) is 5.01. The number of rotatable bonds is 4. The Morgan fingerprint density at radius 2 is 1.65 bits per heavy atom. The highest BCUT2D eigenvalue weighted by atomic mass is 35.5. The van der Waals surface area contributed by atoms with E-state index in [1.165, 1.54) is 26.2 Å². The molecule has 2 rings (SSSR count). The lowest BCUT2D eigenvalue weighted by atomic mass is 10.1. The maximum absolute atomic E-state index is 12.5. The van der Waals surface area contributed by atoms with Gasteiger partial charge < -0.3 is 5.32 Å². The van der Waals surface area contributed by atoms with Crippen molar-refractivity contribution in [3.05, 3.63) is 59.1 Å². The molecule has 6 nitrogen and oxygen atoms in total. The first-order chi connectivity index (χ1) is 10.6. The molecule has 122 valence electrons. The number of halogens is 1. The standard InChI is InChI=1S/C15H15ClN2O4S/c1-18(2,23(20,21)22)14-6-4-3-5-13(14)15(19)17-12-9-7-11(16)8-10-12/h3-10H,1-2H3,(H-,17,19,20,21,22)/p+1. The lowest BCUT2D eigenvalue weighted by Crippen LogP contribution is -2.47. The molecule has 8 heteroatoms. The summed E-state index contributed by atoms with van der Waals surface area (Å²) in [6.07, 6.45) is 0. The number of nitrogens with zero attached hydrogens (tertiary/aromatic N) is 1. The predicted molar refractivity (Wildman–Crippen MR) is 91.0 cm³/mol. The molecule has 0 aliphatic carbocycles. The molecule has 0 saturated heterocycles. The Labute approximate surface area is 139 Å². The number of hydrogen-bond donors (Lipinski definition) is 2. The summed E-state index contributed by atoms with van der Waals surface area (Å²) < 4.78 is 31.8. The number of nitrogens with one attached hydrogen (secondary N) is 1. The number of hydrogen-bond acceptors (Lipinski definition) is 3. The van der Waals surface area contributed by atoms with Crippen LogP contribution in [0.1, 0.15) is 10.4 Å². The van der Waals surface area contributed by atoms with Crippen molar-refractivity contribution in [2.24, 2.45) is 0 Å². The molecule has 0 unspecified atom stereocenters. The molecule has 0 aromatic heterocycles. The number of carbonyl (C=O) groups is 1. The van der Waals surface area contributed by atoms with Crippen molar-refractivity contribution >= 4 is 39.2 Å². The van der Waals surface area contributed by atoms with Gasteiger partial charge in [0.2, 0.25) is 0 Å². The average molecular weight is 356 g/mol. The minimum atomic E-state index is -4.45. The molecule has 0 spiro atoms. The fraction of sp³-hybridized carbons (Fsp3) is 0.133. The quantitative estimate of drug-likeness (QED) is 0.652. The minimum Gasteiger partial charge on any atom is -0.322 e. The van der Waals surface area contributed by atoms with Gasteiger partial charge in [0.05, 0.1) is 14.1 Å². The number of benzene rings is 2. The van der Waals surface area contributed by atoms with E-state index in [4.69, 9.17) is 11.6 Å². The van der Waals surface area contributed by atoms with Gasteiger partial charge in [-0.1, -0.05) is 23.7 Å². The second kappa shape index (κ2) is 6.29. The maximum Gasteiger partial charge on any atom is 0.437 e. The molecule has 0 atom stereocenters. The van der Waals surface area contributed by atoms with E-state index < -0.39 is 20.1 Å². The summed E-state index contributed by atoms with van der Waals surface area (Å²) >= 11 is 5.79. The molecule has 2 aromatic carbocycles. The van der Waals surface area contributed by atoms with Crippen molar-refractivity contribution in [2.75, 3.05) is 19.4 Å². The van der Waals surface area contributed by atoms with Crippen molar-refractivity contribution < 1.29 is 17.8 Å². The Morgan fingerprint density at radius 1 is 1.09 bits per heavy atom. The first-order valence-electron chi connectivity index (χ1n) is 6.61. The molecular weight excluding hydrogens is 340 g/mol. The second-order valence-corrected chi connectivity index (χ2v) is 7.52. The highest BCUT2D eigenvalue weighted by Gasteiger charge is 2.37. The number of quaternary nitrogens is 1. The Hall–Kier alpha value is -1.93.